The molecule has 1 atom stereocenters. The molecular formula is C17H26ClN5O3S. The zero-order valence-corrected chi connectivity index (χ0v) is 17.1. The third-order valence-electron chi connectivity index (χ3n) is 4.22. The SMILES string of the molecule is CCC(=O)N1CCC(NC(=NC)NCCNS(=O)(=O)c2cccc(Cl)c2)C1. The number of carbonyl (C=O) groups excluding carboxylic acids is 1. The topological polar surface area (TPSA) is 103 Å². The largest absolute Gasteiger partial charge is 0.355 e. The summed E-state index contributed by atoms with van der Waals surface area (Å²) in [6.45, 7) is 3.80. The van der Waals surface area contributed by atoms with Crippen LogP contribution in [0.1, 0.15) is 19.8 Å². The van der Waals surface area contributed by atoms with Gasteiger partial charge in [-0.3, -0.25) is 9.79 Å². The maximum atomic E-state index is 12.2. The number of rotatable bonds is 7. The Balaban J connectivity index is 1.76. The number of halogens is 1. The molecule has 0 aromatic heterocycles. The maximum Gasteiger partial charge on any atom is 0.240 e. The predicted octanol–water partition coefficient (Wildman–Crippen LogP) is 0.794. The van der Waals surface area contributed by atoms with Crippen molar-refractivity contribution in [3.8, 4) is 0 Å². The van der Waals surface area contributed by atoms with Gasteiger partial charge in [0.25, 0.3) is 0 Å². The van der Waals surface area contributed by atoms with E-state index in [1.165, 1.54) is 12.1 Å². The Bertz CT molecular complexity index is 785. The summed E-state index contributed by atoms with van der Waals surface area (Å²) in [6, 6.07) is 6.24. The number of hydrogen-bond donors (Lipinski definition) is 3. The van der Waals surface area contributed by atoms with Crippen molar-refractivity contribution in [2.75, 3.05) is 33.2 Å². The lowest BCUT2D eigenvalue weighted by atomic mass is 10.3. The lowest BCUT2D eigenvalue weighted by Crippen LogP contribution is -2.46. The predicted molar refractivity (Wildman–Crippen MR) is 106 cm³/mol. The van der Waals surface area contributed by atoms with Crippen LogP contribution in [0.25, 0.3) is 0 Å². The van der Waals surface area contributed by atoms with Gasteiger partial charge in [0.1, 0.15) is 0 Å². The minimum atomic E-state index is -3.61. The Morgan fingerprint density at radius 1 is 1.37 bits per heavy atom. The molecule has 1 aliphatic rings. The van der Waals surface area contributed by atoms with Crippen molar-refractivity contribution < 1.29 is 13.2 Å². The van der Waals surface area contributed by atoms with Crippen LogP contribution in [0, 0.1) is 0 Å². The minimum absolute atomic E-state index is 0.129. The highest BCUT2D eigenvalue weighted by atomic mass is 35.5. The second-order valence-corrected chi connectivity index (χ2v) is 8.38. The van der Waals surface area contributed by atoms with Gasteiger partial charge in [-0.1, -0.05) is 24.6 Å². The van der Waals surface area contributed by atoms with Crippen molar-refractivity contribution in [3.05, 3.63) is 29.3 Å². The van der Waals surface area contributed by atoms with Crippen LogP contribution in [-0.2, 0) is 14.8 Å². The number of benzene rings is 1. The normalized spacial score (nSPS) is 17.8. The van der Waals surface area contributed by atoms with Crippen LogP contribution in [-0.4, -0.2) is 64.5 Å². The van der Waals surface area contributed by atoms with Crippen molar-refractivity contribution >= 4 is 33.5 Å². The van der Waals surface area contributed by atoms with Crippen LogP contribution in [0.4, 0.5) is 0 Å². The summed E-state index contributed by atoms with van der Waals surface area (Å²) in [4.78, 5) is 17.8. The summed E-state index contributed by atoms with van der Waals surface area (Å²) in [5.41, 5.74) is 0. The van der Waals surface area contributed by atoms with Gasteiger partial charge < -0.3 is 15.5 Å². The molecule has 1 aromatic carbocycles. The van der Waals surface area contributed by atoms with Crippen molar-refractivity contribution in [2.24, 2.45) is 4.99 Å². The van der Waals surface area contributed by atoms with E-state index >= 15 is 0 Å². The molecule has 1 amide bonds. The van der Waals surface area contributed by atoms with Crippen molar-refractivity contribution in [2.45, 2.75) is 30.7 Å². The molecule has 1 aromatic rings. The van der Waals surface area contributed by atoms with E-state index in [1.807, 2.05) is 11.8 Å². The summed E-state index contributed by atoms with van der Waals surface area (Å²) in [6.07, 6.45) is 1.36. The molecule has 27 heavy (non-hydrogen) atoms. The van der Waals surface area contributed by atoms with Crippen molar-refractivity contribution in [1.29, 1.82) is 0 Å². The second kappa shape index (κ2) is 9.91. The number of guanidine groups is 1. The first kappa shape index (κ1) is 21.5. The molecule has 3 N–H and O–H groups in total. The van der Waals surface area contributed by atoms with Gasteiger partial charge in [0.2, 0.25) is 15.9 Å². The van der Waals surface area contributed by atoms with Crippen LogP contribution in [0.2, 0.25) is 5.02 Å². The number of aliphatic imine (C=N–C) groups is 1. The molecule has 0 aliphatic carbocycles. The Labute approximate surface area is 165 Å². The molecule has 1 saturated heterocycles. The molecular weight excluding hydrogens is 390 g/mol. The van der Waals surface area contributed by atoms with Gasteiger partial charge in [-0.05, 0) is 24.6 Å². The van der Waals surface area contributed by atoms with Crippen molar-refractivity contribution in [1.82, 2.24) is 20.3 Å². The number of hydrogen-bond acceptors (Lipinski definition) is 4. The van der Waals surface area contributed by atoms with Gasteiger partial charge in [0.15, 0.2) is 5.96 Å². The van der Waals surface area contributed by atoms with Gasteiger partial charge >= 0.3 is 0 Å². The average Bonchev–Trinajstić information content (AvgIpc) is 3.12. The Morgan fingerprint density at radius 3 is 2.81 bits per heavy atom. The Kier molecular flexibility index (Phi) is 7.88. The highest BCUT2D eigenvalue weighted by Crippen LogP contribution is 2.15. The molecule has 1 heterocycles. The lowest BCUT2D eigenvalue weighted by molar-refractivity contribution is -0.129. The van der Waals surface area contributed by atoms with Gasteiger partial charge in [0.05, 0.1) is 4.90 Å². The van der Waals surface area contributed by atoms with Gasteiger partial charge in [0, 0.05) is 50.7 Å². The first-order valence-electron chi connectivity index (χ1n) is 8.86. The third-order valence-corrected chi connectivity index (χ3v) is 5.92. The number of amides is 1. The standard InChI is InChI=1S/C17H26ClN5O3S/c1-3-16(24)23-10-7-14(12-23)22-17(19-2)20-8-9-21-27(25,26)15-6-4-5-13(18)11-15/h4-6,11,14,21H,3,7-10,12H2,1-2H3,(H2,19,20,22). The van der Waals surface area contributed by atoms with Crippen LogP contribution in [0.5, 0.6) is 0 Å². The molecule has 1 fully saturated rings. The third kappa shape index (κ3) is 6.37. The molecule has 0 saturated carbocycles. The quantitative estimate of drug-likeness (QED) is 0.347. The second-order valence-electron chi connectivity index (χ2n) is 6.18. The lowest BCUT2D eigenvalue weighted by Gasteiger charge is -2.18. The minimum Gasteiger partial charge on any atom is -0.355 e. The smallest absolute Gasteiger partial charge is 0.240 e. The first-order chi connectivity index (χ1) is 12.9. The van der Waals surface area contributed by atoms with E-state index in [0.717, 1.165) is 13.0 Å². The summed E-state index contributed by atoms with van der Waals surface area (Å²) in [5.74, 6) is 0.727. The molecule has 0 bridgehead atoms. The fraction of sp³-hybridized carbons (Fsp3) is 0.529. The van der Waals surface area contributed by atoms with Crippen LogP contribution in [0.3, 0.4) is 0 Å². The van der Waals surface area contributed by atoms with Gasteiger partial charge in [-0.2, -0.15) is 0 Å². The number of carbonyl (C=O) groups is 1. The number of nitrogens with one attached hydrogen (secondary N) is 3. The number of sulfonamides is 1. The van der Waals surface area contributed by atoms with E-state index in [1.54, 1.807) is 19.2 Å². The number of likely N-dealkylation sites (tertiary alicyclic amines) is 1. The molecule has 0 spiro atoms. The molecule has 2 rings (SSSR count). The van der Waals surface area contributed by atoms with Gasteiger partial charge in [-0.15, -0.1) is 0 Å². The molecule has 150 valence electrons. The summed E-state index contributed by atoms with van der Waals surface area (Å²) < 4.78 is 27.0. The maximum absolute atomic E-state index is 12.2. The fourth-order valence-corrected chi connectivity index (χ4v) is 4.13. The monoisotopic (exact) mass is 415 g/mol. The first-order valence-corrected chi connectivity index (χ1v) is 10.7. The number of nitrogens with zero attached hydrogens (tertiary/aromatic N) is 2. The molecule has 1 aliphatic heterocycles. The zero-order valence-electron chi connectivity index (χ0n) is 15.5. The fourth-order valence-electron chi connectivity index (χ4n) is 2.80. The van der Waals surface area contributed by atoms with Gasteiger partial charge in [-0.25, -0.2) is 13.1 Å². The van der Waals surface area contributed by atoms with E-state index in [9.17, 15) is 13.2 Å². The highest BCUT2D eigenvalue weighted by Gasteiger charge is 2.25. The van der Waals surface area contributed by atoms with Crippen LogP contribution in [0.15, 0.2) is 34.2 Å². The van der Waals surface area contributed by atoms with E-state index < -0.39 is 10.0 Å². The van der Waals surface area contributed by atoms with Crippen LogP contribution < -0.4 is 15.4 Å². The average molecular weight is 416 g/mol. The van der Waals surface area contributed by atoms with E-state index in [0.29, 0.717) is 30.5 Å². The Morgan fingerprint density at radius 2 is 2.15 bits per heavy atom. The van der Waals surface area contributed by atoms with Crippen LogP contribution >= 0.6 is 11.6 Å². The van der Waals surface area contributed by atoms with E-state index in [-0.39, 0.29) is 23.4 Å². The van der Waals surface area contributed by atoms with Crippen molar-refractivity contribution in [3.63, 3.8) is 0 Å². The van der Waals surface area contributed by atoms with E-state index in [4.69, 9.17) is 11.6 Å². The molecule has 0 radical (unpaired) electrons. The Hall–Kier alpha value is -1.84. The summed E-state index contributed by atoms with van der Waals surface area (Å²) in [5, 5.41) is 6.70. The summed E-state index contributed by atoms with van der Waals surface area (Å²) in [7, 11) is -1.96. The van der Waals surface area contributed by atoms with E-state index in [2.05, 4.69) is 20.3 Å². The summed E-state index contributed by atoms with van der Waals surface area (Å²) >= 11 is 5.84. The molecule has 8 nitrogen and oxygen atoms in total. The highest BCUT2D eigenvalue weighted by molar-refractivity contribution is 7.89. The molecule has 10 heteroatoms. The molecule has 1 unspecified atom stereocenters. The zero-order chi connectivity index (χ0) is 19.9.